The predicted molar refractivity (Wildman–Crippen MR) is 102 cm³/mol. The number of ether oxygens (including phenoxy) is 1. The highest BCUT2D eigenvalue weighted by Crippen LogP contribution is 2.34. The van der Waals surface area contributed by atoms with Crippen LogP contribution in [0.4, 0.5) is 0 Å². The number of hydrogen-bond donors (Lipinski definition) is 2. The maximum absolute atomic E-state index is 9.52. The maximum Gasteiger partial charge on any atom is 0.125 e. The van der Waals surface area contributed by atoms with E-state index >= 15 is 0 Å². The van der Waals surface area contributed by atoms with E-state index in [-0.39, 0.29) is 30.5 Å². The van der Waals surface area contributed by atoms with E-state index in [1.165, 1.54) is 0 Å². The largest absolute Gasteiger partial charge is 0.488 e. The molecule has 0 radical (unpaired) electrons. The molecule has 0 saturated carbocycles. The van der Waals surface area contributed by atoms with Crippen LogP contribution in [0, 0.1) is 19.3 Å². The summed E-state index contributed by atoms with van der Waals surface area (Å²) in [7, 11) is 0. The van der Waals surface area contributed by atoms with Gasteiger partial charge in [0.2, 0.25) is 0 Å². The highest BCUT2D eigenvalue weighted by atomic mass is 35.5. The Morgan fingerprint density at radius 2 is 1.62 bits per heavy atom. The molecule has 0 aromatic heterocycles. The topological polar surface area (TPSA) is 55.5 Å². The first-order valence-electron chi connectivity index (χ1n) is 7.99. The van der Waals surface area contributed by atoms with E-state index in [1.54, 1.807) is 0 Å². The fourth-order valence-electron chi connectivity index (χ4n) is 2.67. The number of benzene rings is 2. The van der Waals surface area contributed by atoms with Crippen LogP contribution in [0.25, 0.3) is 0 Å². The summed E-state index contributed by atoms with van der Waals surface area (Å²) >= 11 is 0. The minimum Gasteiger partial charge on any atom is -0.488 e. The zero-order valence-electron chi connectivity index (χ0n) is 14.9. The van der Waals surface area contributed by atoms with Gasteiger partial charge in [-0.05, 0) is 36.1 Å². The molecular weight excluding hydrogens is 322 g/mol. The summed E-state index contributed by atoms with van der Waals surface area (Å²) in [4.78, 5) is 0. The third-order valence-corrected chi connectivity index (χ3v) is 4.32. The Morgan fingerprint density at radius 1 is 1.08 bits per heavy atom. The molecule has 4 heteroatoms. The van der Waals surface area contributed by atoms with Crippen LogP contribution in [0.2, 0.25) is 0 Å². The molecule has 0 aliphatic heterocycles. The minimum atomic E-state index is -0.356. The van der Waals surface area contributed by atoms with Gasteiger partial charge in [-0.2, -0.15) is 0 Å². The van der Waals surface area contributed by atoms with Crippen molar-refractivity contribution in [3.05, 3.63) is 64.7 Å². The van der Waals surface area contributed by atoms with Gasteiger partial charge in [-0.3, -0.25) is 0 Å². The lowest BCUT2D eigenvalue weighted by molar-refractivity contribution is 0.132. The van der Waals surface area contributed by atoms with Crippen molar-refractivity contribution in [2.45, 2.75) is 40.3 Å². The molecule has 2 aromatic rings. The number of hydrogen-bond acceptors (Lipinski definition) is 3. The Balaban J connectivity index is 0.00000288. The maximum atomic E-state index is 9.52. The van der Waals surface area contributed by atoms with Crippen molar-refractivity contribution >= 4 is 12.4 Å². The van der Waals surface area contributed by atoms with E-state index in [2.05, 4.69) is 24.3 Å². The fraction of sp³-hybridized carbons (Fsp3) is 0.400. The SMILES string of the molecule is Cc1cc([C@@H](N)C(C)(C)CO)cc(C)c1OCc1ccccc1.Cl. The highest BCUT2D eigenvalue weighted by Gasteiger charge is 2.27. The lowest BCUT2D eigenvalue weighted by Crippen LogP contribution is -2.32. The van der Waals surface area contributed by atoms with E-state index < -0.39 is 0 Å². The highest BCUT2D eigenvalue weighted by molar-refractivity contribution is 5.85. The molecule has 1 atom stereocenters. The molecule has 0 fully saturated rings. The molecule has 0 saturated heterocycles. The standard InChI is InChI=1S/C20H27NO2.ClH/c1-14-10-17(19(21)20(3,4)13-22)11-15(2)18(14)23-12-16-8-6-5-7-9-16;/h5-11,19,22H,12-13,21H2,1-4H3;1H/t19-;/m1./s1. The summed E-state index contributed by atoms with van der Waals surface area (Å²) in [6.45, 7) is 8.63. The van der Waals surface area contributed by atoms with E-state index in [9.17, 15) is 5.11 Å². The monoisotopic (exact) mass is 349 g/mol. The molecule has 0 bridgehead atoms. The Kier molecular flexibility index (Phi) is 7.27. The van der Waals surface area contributed by atoms with Gasteiger partial charge < -0.3 is 15.6 Å². The van der Waals surface area contributed by atoms with Gasteiger partial charge in [0.1, 0.15) is 12.4 Å². The molecule has 0 aliphatic rings. The Bertz CT molecular complexity index is 633. The number of rotatable bonds is 6. The van der Waals surface area contributed by atoms with Gasteiger partial charge in [0.25, 0.3) is 0 Å². The summed E-state index contributed by atoms with van der Waals surface area (Å²) < 4.78 is 6.01. The first-order valence-corrected chi connectivity index (χ1v) is 7.99. The number of halogens is 1. The summed E-state index contributed by atoms with van der Waals surface area (Å²) in [5.41, 5.74) is 10.3. The summed E-state index contributed by atoms with van der Waals surface area (Å²) in [6, 6.07) is 14.0. The number of aliphatic hydroxyl groups excluding tert-OH is 1. The first-order chi connectivity index (χ1) is 10.8. The quantitative estimate of drug-likeness (QED) is 0.816. The first kappa shape index (κ1) is 20.5. The summed E-state index contributed by atoms with van der Waals surface area (Å²) in [5.74, 6) is 0.909. The van der Waals surface area contributed by atoms with Crippen molar-refractivity contribution in [1.82, 2.24) is 0 Å². The normalized spacial score (nSPS) is 12.4. The lowest BCUT2D eigenvalue weighted by Gasteiger charge is -2.30. The van der Waals surface area contributed by atoms with E-state index in [4.69, 9.17) is 10.5 Å². The molecule has 0 amide bonds. The van der Waals surface area contributed by atoms with Crippen molar-refractivity contribution < 1.29 is 9.84 Å². The molecule has 132 valence electrons. The Morgan fingerprint density at radius 3 is 2.12 bits per heavy atom. The van der Waals surface area contributed by atoms with Gasteiger partial charge >= 0.3 is 0 Å². The number of nitrogens with two attached hydrogens (primary N) is 1. The van der Waals surface area contributed by atoms with Crippen LogP contribution < -0.4 is 10.5 Å². The second kappa shape index (κ2) is 8.52. The third kappa shape index (κ3) is 4.73. The van der Waals surface area contributed by atoms with Crippen LogP contribution in [0.3, 0.4) is 0 Å². The average molecular weight is 350 g/mol. The molecular formula is C20H28ClNO2. The van der Waals surface area contributed by atoms with Gasteiger partial charge in [0.05, 0.1) is 0 Å². The van der Waals surface area contributed by atoms with Gasteiger partial charge in [0, 0.05) is 18.1 Å². The van der Waals surface area contributed by atoms with Gasteiger partial charge in [-0.25, -0.2) is 0 Å². The number of aliphatic hydroxyl groups is 1. The molecule has 3 N–H and O–H groups in total. The van der Waals surface area contributed by atoms with Crippen molar-refractivity contribution in [2.75, 3.05) is 6.61 Å². The third-order valence-electron chi connectivity index (χ3n) is 4.32. The Hall–Kier alpha value is -1.55. The van der Waals surface area contributed by atoms with Crippen molar-refractivity contribution in [2.24, 2.45) is 11.1 Å². The fourth-order valence-corrected chi connectivity index (χ4v) is 2.67. The predicted octanol–water partition coefficient (Wildman–Crippen LogP) is 4.32. The molecule has 2 rings (SSSR count). The van der Waals surface area contributed by atoms with Crippen LogP contribution in [0.5, 0.6) is 5.75 Å². The van der Waals surface area contributed by atoms with Crippen LogP contribution in [-0.2, 0) is 6.61 Å². The Labute approximate surface area is 151 Å². The van der Waals surface area contributed by atoms with Crippen molar-refractivity contribution in [3.8, 4) is 5.75 Å². The molecule has 0 spiro atoms. The number of aryl methyl sites for hydroxylation is 2. The average Bonchev–Trinajstić information content (AvgIpc) is 2.54. The van der Waals surface area contributed by atoms with E-state index in [1.807, 2.05) is 45.9 Å². The van der Waals surface area contributed by atoms with Crippen LogP contribution in [0.1, 0.15) is 42.1 Å². The molecule has 0 heterocycles. The van der Waals surface area contributed by atoms with Crippen LogP contribution in [-0.4, -0.2) is 11.7 Å². The van der Waals surface area contributed by atoms with Gasteiger partial charge in [0.15, 0.2) is 0 Å². The van der Waals surface area contributed by atoms with Crippen LogP contribution in [0.15, 0.2) is 42.5 Å². The van der Waals surface area contributed by atoms with Crippen LogP contribution >= 0.6 is 12.4 Å². The molecule has 3 nitrogen and oxygen atoms in total. The second-order valence-corrected chi connectivity index (χ2v) is 6.88. The van der Waals surface area contributed by atoms with E-state index in [0.717, 1.165) is 28.0 Å². The van der Waals surface area contributed by atoms with Crippen molar-refractivity contribution in [1.29, 1.82) is 0 Å². The minimum absolute atomic E-state index is 0. The van der Waals surface area contributed by atoms with E-state index in [0.29, 0.717) is 6.61 Å². The summed E-state index contributed by atoms with van der Waals surface area (Å²) in [5, 5.41) is 9.52. The smallest absolute Gasteiger partial charge is 0.125 e. The molecule has 0 unspecified atom stereocenters. The zero-order valence-corrected chi connectivity index (χ0v) is 15.7. The van der Waals surface area contributed by atoms with Gasteiger partial charge in [-0.15, -0.1) is 12.4 Å². The van der Waals surface area contributed by atoms with Crippen molar-refractivity contribution in [3.63, 3.8) is 0 Å². The second-order valence-electron chi connectivity index (χ2n) is 6.88. The molecule has 0 aliphatic carbocycles. The zero-order chi connectivity index (χ0) is 17.0. The molecule has 2 aromatic carbocycles. The molecule has 24 heavy (non-hydrogen) atoms. The summed E-state index contributed by atoms with van der Waals surface area (Å²) in [6.07, 6.45) is 0. The lowest BCUT2D eigenvalue weighted by atomic mass is 9.81. The van der Waals surface area contributed by atoms with Gasteiger partial charge in [-0.1, -0.05) is 56.3 Å².